The van der Waals surface area contributed by atoms with Gasteiger partial charge in [-0.1, -0.05) is 54.4 Å². The molecular weight excluding hydrogens is 540 g/mol. The zero-order valence-electron chi connectivity index (χ0n) is 26.5. The van der Waals surface area contributed by atoms with Crippen LogP contribution in [-0.2, 0) is 28.7 Å². The van der Waals surface area contributed by atoms with E-state index < -0.39 is 34.6 Å². The first-order chi connectivity index (χ1) is 19.7. The van der Waals surface area contributed by atoms with Crippen molar-refractivity contribution >= 4 is 34.9 Å². The minimum absolute atomic E-state index is 0.118. The molecule has 0 fully saturated rings. The Balaban J connectivity index is 2.02. The SMILES string of the molecule is CCC(=NCCCCCCN=C(CC)C1=C(O)[C@H](C(=O)OC)C(C)(C)CC1=O)C1=C(O)[C@@H](C(=O)OC)C(C)(C)CC1=O. The van der Waals surface area contributed by atoms with Crippen molar-refractivity contribution in [1.82, 2.24) is 0 Å². The second-order valence-electron chi connectivity index (χ2n) is 12.4. The Kier molecular flexibility index (Phi) is 12.2. The highest BCUT2D eigenvalue weighted by atomic mass is 16.5. The van der Waals surface area contributed by atoms with Crippen LogP contribution in [0.15, 0.2) is 32.6 Å². The lowest BCUT2D eigenvalue weighted by Gasteiger charge is -2.36. The van der Waals surface area contributed by atoms with Gasteiger partial charge >= 0.3 is 11.9 Å². The van der Waals surface area contributed by atoms with E-state index in [4.69, 9.17) is 9.47 Å². The van der Waals surface area contributed by atoms with E-state index >= 15 is 0 Å². The molecule has 2 aliphatic rings. The molecule has 0 aromatic heterocycles. The first-order valence-corrected chi connectivity index (χ1v) is 14.8. The number of esters is 2. The first kappa shape index (κ1) is 34.9. The molecule has 2 N–H and O–H groups in total. The van der Waals surface area contributed by atoms with Crippen molar-refractivity contribution in [2.24, 2.45) is 32.7 Å². The Morgan fingerprint density at radius 2 is 1.05 bits per heavy atom. The summed E-state index contributed by atoms with van der Waals surface area (Å²) in [5, 5.41) is 21.8. The standard InChI is InChI=1S/C32H48N2O8/c1-9-19(23-21(35)17-31(3,4)25(27(23)37)29(39)41-7)33-15-13-11-12-14-16-34-20(10-2)24-22(36)18-32(5,6)26(28(24)38)30(40)42-8/h25-26,37-38H,9-18H2,1-8H3/t25-,26+. The van der Waals surface area contributed by atoms with Crippen LogP contribution in [0.2, 0.25) is 0 Å². The van der Waals surface area contributed by atoms with Crippen molar-refractivity contribution in [2.45, 2.75) is 92.9 Å². The summed E-state index contributed by atoms with van der Waals surface area (Å²) in [4.78, 5) is 59.7. The molecule has 2 aliphatic carbocycles. The number of aliphatic hydroxyl groups excluding tert-OH is 2. The van der Waals surface area contributed by atoms with E-state index in [1.807, 2.05) is 13.8 Å². The molecule has 10 heteroatoms. The van der Waals surface area contributed by atoms with E-state index in [1.54, 1.807) is 27.7 Å². The molecule has 0 unspecified atom stereocenters. The van der Waals surface area contributed by atoms with Crippen molar-refractivity contribution in [3.8, 4) is 0 Å². The summed E-state index contributed by atoms with van der Waals surface area (Å²) < 4.78 is 9.78. The molecule has 2 rings (SSSR count). The number of hydrogen-bond donors (Lipinski definition) is 2. The number of nitrogens with zero attached hydrogens (tertiary/aromatic N) is 2. The predicted molar refractivity (Wildman–Crippen MR) is 161 cm³/mol. The zero-order chi connectivity index (χ0) is 31.8. The fourth-order valence-corrected chi connectivity index (χ4v) is 5.98. The fourth-order valence-electron chi connectivity index (χ4n) is 5.98. The molecule has 0 aromatic rings. The number of hydrogen-bond acceptors (Lipinski definition) is 10. The Hall–Kier alpha value is -3.30. The van der Waals surface area contributed by atoms with Gasteiger partial charge < -0.3 is 19.7 Å². The smallest absolute Gasteiger partial charge is 0.316 e. The second kappa shape index (κ2) is 14.7. The minimum Gasteiger partial charge on any atom is -0.511 e. The molecular formula is C32H48N2O8. The highest BCUT2D eigenvalue weighted by Crippen LogP contribution is 2.43. The van der Waals surface area contributed by atoms with Crippen LogP contribution in [0.1, 0.15) is 92.9 Å². The predicted octanol–water partition coefficient (Wildman–Crippen LogP) is 5.45. The minimum atomic E-state index is -0.917. The molecule has 0 bridgehead atoms. The maximum absolute atomic E-state index is 12.9. The number of ketones is 2. The average Bonchev–Trinajstić information content (AvgIpc) is 2.90. The number of carbonyl (C=O) groups is 4. The molecule has 0 radical (unpaired) electrons. The van der Waals surface area contributed by atoms with Gasteiger partial charge in [-0.2, -0.15) is 0 Å². The Morgan fingerprint density at radius 3 is 1.33 bits per heavy atom. The van der Waals surface area contributed by atoms with Crippen molar-refractivity contribution in [2.75, 3.05) is 27.3 Å². The molecule has 0 heterocycles. The molecule has 0 aliphatic heterocycles. The van der Waals surface area contributed by atoms with Crippen LogP contribution in [0.25, 0.3) is 0 Å². The summed E-state index contributed by atoms with van der Waals surface area (Å²) in [7, 11) is 2.53. The number of allylic oxidation sites excluding steroid dienone is 2. The van der Waals surface area contributed by atoms with E-state index in [0.717, 1.165) is 25.7 Å². The van der Waals surface area contributed by atoms with E-state index in [2.05, 4.69) is 9.98 Å². The van der Waals surface area contributed by atoms with Crippen LogP contribution in [-0.4, -0.2) is 72.5 Å². The highest BCUT2D eigenvalue weighted by molar-refractivity contribution is 6.24. The van der Waals surface area contributed by atoms with Gasteiger partial charge in [-0.3, -0.25) is 29.2 Å². The van der Waals surface area contributed by atoms with E-state index in [0.29, 0.717) is 37.4 Å². The number of rotatable bonds is 13. The number of aliphatic imine (C=N–C) groups is 2. The highest BCUT2D eigenvalue weighted by Gasteiger charge is 2.48. The van der Waals surface area contributed by atoms with Crippen LogP contribution in [0.4, 0.5) is 0 Å². The van der Waals surface area contributed by atoms with E-state index in [-0.39, 0.29) is 47.1 Å². The van der Waals surface area contributed by atoms with Gasteiger partial charge in [0.05, 0.1) is 25.4 Å². The number of methoxy groups -OCH3 is 2. The third kappa shape index (κ3) is 7.75. The van der Waals surface area contributed by atoms with Gasteiger partial charge in [0.1, 0.15) is 23.4 Å². The van der Waals surface area contributed by atoms with Crippen LogP contribution >= 0.6 is 0 Å². The Labute approximate surface area is 249 Å². The normalized spacial score (nSPS) is 22.9. The molecule has 0 saturated carbocycles. The second-order valence-corrected chi connectivity index (χ2v) is 12.4. The van der Waals surface area contributed by atoms with Gasteiger partial charge in [-0.15, -0.1) is 0 Å². The van der Waals surface area contributed by atoms with Crippen molar-refractivity contribution < 1.29 is 38.9 Å². The van der Waals surface area contributed by atoms with E-state index in [9.17, 15) is 29.4 Å². The summed E-state index contributed by atoms with van der Waals surface area (Å²) in [6.07, 6.45) is 4.39. The average molecular weight is 589 g/mol. The van der Waals surface area contributed by atoms with Gasteiger partial charge in [0.15, 0.2) is 11.6 Å². The van der Waals surface area contributed by atoms with Crippen LogP contribution in [0.5, 0.6) is 0 Å². The lowest BCUT2D eigenvalue weighted by molar-refractivity contribution is -0.151. The molecule has 2 atom stereocenters. The van der Waals surface area contributed by atoms with Gasteiger partial charge in [-0.25, -0.2) is 0 Å². The van der Waals surface area contributed by atoms with Crippen molar-refractivity contribution in [3.63, 3.8) is 0 Å². The first-order valence-electron chi connectivity index (χ1n) is 14.8. The topological polar surface area (TPSA) is 152 Å². The summed E-state index contributed by atoms with van der Waals surface area (Å²) in [5.74, 6) is -3.93. The van der Waals surface area contributed by atoms with Gasteiger partial charge in [-0.05, 0) is 36.5 Å². The molecule has 0 saturated heterocycles. The summed E-state index contributed by atoms with van der Waals surface area (Å²) in [6.45, 7) is 11.7. The maximum Gasteiger partial charge on any atom is 0.316 e. The van der Waals surface area contributed by atoms with E-state index in [1.165, 1.54) is 14.2 Å². The Morgan fingerprint density at radius 1 is 0.714 bits per heavy atom. The molecule has 0 aromatic carbocycles. The molecule has 234 valence electrons. The third-order valence-electron chi connectivity index (χ3n) is 8.20. The molecule has 42 heavy (non-hydrogen) atoms. The number of unbranched alkanes of at least 4 members (excludes halogenated alkanes) is 3. The lowest BCUT2D eigenvalue weighted by atomic mass is 9.67. The van der Waals surface area contributed by atoms with Crippen LogP contribution in [0, 0.1) is 22.7 Å². The number of aliphatic hydroxyl groups is 2. The summed E-state index contributed by atoms with van der Waals surface area (Å²) in [5.41, 5.74) is -0.232. The monoisotopic (exact) mass is 588 g/mol. The summed E-state index contributed by atoms with van der Waals surface area (Å²) in [6, 6.07) is 0. The largest absolute Gasteiger partial charge is 0.511 e. The van der Waals surface area contributed by atoms with Gasteiger partial charge in [0.25, 0.3) is 0 Å². The maximum atomic E-state index is 12.9. The van der Waals surface area contributed by atoms with Crippen LogP contribution in [0.3, 0.4) is 0 Å². The zero-order valence-corrected chi connectivity index (χ0v) is 26.5. The number of carbonyl (C=O) groups excluding carboxylic acids is 4. The number of ether oxygens (including phenoxy) is 2. The van der Waals surface area contributed by atoms with Crippen LogP contribution < -0.4 is 0 Å². The van der Waals surface area contributed by atoms with Crippen molar-refractivity contribution in [3.05, 3.63) is 22.7 Å². The third-order valence-corrected chi connectivity index (χ3v) is 8.20. The fraction of sp³-hybridized carbons (Fsp3) is 0.688. The van der Waals surface area contributed by atoms with Crippen molar-refractivity contribution in [1.29, 1.82) is 0 Å². The summed E-state index contributed by atoms with van der Waals surface area (Å²) >= 11 is 0. The van der Waals surface area contributed by atoms with Gasteiger partial charge in [0, 0.05) is 37.4 Å². The molecule has 0 amide bonds. The molecule has 10 nitrogen and oxygen atoms in total. The quantitative estimate of drug-likeness (QED) is 0.164. The molecule has 0 spiro atoms. The Bertz CT molecular complexity index is 1100. The van der Waals surface area contributed by atoms with Gasteiger partial charge in [0.2, 0.25) is 0 Å². The lowest BCUT2D eigenvalue weighted by Crippen LogP contribution is -2.41. The number of Topliss-reactive ketones (excluding diaryl/α,β-unsaturated/α-hetero) is 2.